The van der Waals surface area contributed by atoms with E-state index in [1.165, 1.54) is 4.57 Å². The molecule has 1 aromatic rings. The molecule has 1 saturated heterocycles. The number of benzene rings is 1. The van der Waals surface area contributed by atoms with Crippen LogP contribution in [0.25, 0.3) is 22.6 Å². The maximum atomic E-state index is 12.4. The molecule has 0 unspecified atom stereocenters. The van der Waals surface area contributed by atoms with E-state index in [1.807, 2.05) is 19.1 Å². The highest BCUT2D eigenvalue weighted by molar-refractivity contribution is 5.84. The second kappa shape index (κ2) is 9.15. The third-order valence-electron chi connectivity index (χ3n) is 6.12. The molecule has 12 heteroatoms. The van der Waals surface area contributed by atoms with E-state index in [4.69, 9.17) is 5.11 Å². The topological polar surface area (TPSA) is 168 Å². The molecule has 3 aliphatic heterocycles. The Morgan fingerprint density at radius 3 is 2.42 bits per heavy atom. The first-order valence-electron chi connectivity index (χ1n) is 10.7. The average molecular weight is 460 g/mol. The van der Waals surface area contributed by atoms with Crippen molar-refractivity contribution in [3.05, 3.63) is 38.5 Å². The fourth-order valence-corrected chi connectivity index (χ4v) is 4.17. The minimum absolute atomic E-state index is 0.0471. The molecule has 1 fully saturated rings. The molecule has 4 rings (SSSR count). The maximum absolute atomic E-state index is 12.4. The van der Waals surface area contributed by atoms with Crippen molar-refractivity contribution >= 4 is 16.7 Å². The Morgan fingerprint density at radius 1 is 1.06 bits per heavy atom. The van der Waals surface area contributed by atoms with Crippen molar-refractivity contribution in [1.82, 2.24) is 24.4 Å². The van der Waals surface area contributed by atoms with Crippen LogP contribution in [0.1, 0.15) is 5.56 Å². The van der Waals surface area contributed by atoms with Gasteiger partial charge in [0.05, 0.1) is 24.2 Å². The second-order valence-electron chi connectivity index (χ2n) is 8.49. The van der Waals surface area contributed by atoms with Gasteiger partial charge >= 0.3 is 5.69 Å². The lowest BCUT2D eigenvalue weighted by Gasteiger charge is -2.35. The summed E-state index contributed by atoms with van der Waals surface area (Å²) in [4.78, 5) is 39.3. The zero-order valence-corrected chi connectivity index (χ0v) is 18.5. The van der Waals surface area contributed by atoms with Gasteiger partial charge in [-0.05, 0) is 31.7 Å². The Labute approximate surface area is 188 Å². The zero-order valence-electron chi connectivity index (χ0n) is 18.5. The van der Waals surface area contributed by atoms with Gasteiger partial charge in [0.1, 0.15) is 18.3 Å². The summed E-state index contributed by atoms with van der Waals surface area (Å²) < 4.78 is 1.45. The van der Waals surface area contributed by atoms with E-state index in [-0.39, 0.29) is 18.1 Å². The molecule has 0 bridgehead atoms. The fraction of sp³-hybridized carbons (Fsp3) is 0.524. The third-order valence-corrected chi connectivity index (χ3v) is 6.12. The highest BCUT2D eigenvalue weighted by Gasteiger charge is 2.28. The van der Waals surface area contributed by atoms with Crippen molar-refractivity contribution in [2.75, 3.05) is 44.7 Å². The van der Waals surface area contributed by atoms with Gasteiger partial charge < -0.3 is 34.8 Å². The van der Waals surface area contributed by atoms with Gasteiger partial charge in [-0.3, -0.25) is 9.78 Å². The molecule has 0 aromatic heterocycles. The van der Waals surface area contributed by atoms with Gasteiger partial charge in [0.25, 0.3) is 5.56 Å². The minimum Gasteiger partial charge on any atom is -0.394 e. The summed E-state index contributed by atoms with van der Waals surface area (Å²) in [7, 11) is 2.06. The molecule has 5 N–H and O–H groups in total. The van der Waals surface area contributed by atoms with E-state index in [2.05, 4.69) is 31.8 Å². The summed E-state index contributed by atoms with van der Waals surface area (Å²) in [6.07, 6.45) is -4.73. The predicted molar refractivity (Wildman–Crippen MR) is 121 cm³/mol. The first-order valence-corrected chi connectivity index (χ1v) is 10.7. The van der Waals surface area contributed by atoms with Gasteiger partial charge in [-0.1, -0.05) is 0 Å². The molecule has 0 saturated carbocycles. The monoisotopic (exact) mass is 460 g/mol. The number of likely N-dealkylation sites (N-methyl/N-ethyl adjacent to an activating group) is 1. The number of aromatic amines is 1. The van der Waals surface area contributed by atoms with Crippen LogP contribution in [0.5, 0.6) is 0 Å². The van der Waals surface area contributed by atoms with Crippen LogP contribution in [0, 0.1) is 6.92 Å². The molecule has 0 radical (unpaired) electrons. The molecule has 0 spiro atoms. The summed E-state index contributed by atoms with van der Waals surface area (Å²) in [5, 5.41) is 39.6. The molecule has 0 aliphatic carbocycles. The van der Waals surface area contributed by atoms with Crippen LogP contribution in [0.15, 0.2) is 21.7 Å². The zero-order chi connectivity index (χ0) is 23.9. The summed E-state index contributed by atoms with van der Waals surface area (Å²) in [6.45, 7) is 4.34. The van der Waals surface area contributed by atoms with Crippen molar-refractivity contribution in [2.24, 2.45) is 0 Å². The highest BCUT2D eigenvalue weighted by atomic mass is 16.4. The third kappa shape index (κ3) is 4.48. The highest BCUT2D eigenvalue weighted by Crippen LogP contribution is 2.30. The molecule has 3 heterocycles. The van der Waals surface area contributed by atoms with Gasteiger partial charge in [-0.2, -0.15) is 4.98 Å². The largest absolute Gasteiger partial charge is 0.394 e. The van der Waals surface area contributed by atoms with Gasteiger partial charge in [0.2, 0.25) is 0 Å². The Kier molecular flexibility index (Phi) is 6.45. The summed E-state index contributed by atoms with van der Waals surface area (Å²) in [5.74, 6) is -0.0471. The Bertz CT molecular complexity index is 1230. The number of nitrogens with one attached hydrogen (secondary N) is 1. The minimum atomic E-state index is -1.66. The molecule has 33 heavy (non-hydrogen) atoms. The van der Waals surface area contributed by atoms with Gasteiger partial charge in [-0.25, -0.2) is 9.78 Å². The Hall–Kier alpha value is -2.90. The number of anilines is 1. The maximum Gasteiger partial charge on any atom is 0.349 e. The standard InChI is InChI=1S/C21H28N6O6/c1-11-7-12-14(8-13(11)26-5-3-25(2)4-6-26)27(9-15(29)18(31)16(30)10-28)19-17(22-12)20(32)24-21(33)23-19/h7-8,15-16,18,28-31H,3-6,9-10H2,1-2H3,(H,24,32,33)/t15-,16+,18-/m0/s1. The molecule has 1 aromatic carbocycles. The van der Waals surface area contributed by atoms with Crippen molar-refractivity contribution in [3.63, 3.8) is 0 Å². The number of H-pyrrole nitrogens is 1. The average Bonchev–Trinajstić information content (AvgIpc) is 2.78. The molecular weight excluding hydrogens is 432 g/mol. The van der Waals surface area contributed by atoms with Crippen LogP contribution in [0.3, 0.4) is 0 Å². The molecule has 3 aliphatic rings. The molecule has 3 atom stereocenters. The van der Waals surface area contributed by atoms with Crippen LogP contribution in [0.4, 0.5) is 5.69 Å². The summed E-state index contributed by atoms with van der Waals surface area (Å²) >= 11 is 0. The van der Waals surface area contributed by atoms with Crippen LogP contribution in [-0.4, -0.2) is 103 Å². The Balaban J connectivity index is 1.91. The number of aromatic nitrogens is 4. The lowest BCUT2D eigenvalue weighted by Crippen LogP contribution is -2.44. The smallest absolute Gasteiger partial charge is 0.349 e. The fourth-order valence-electron chi connectivity index (χ4n) is 4.17. The van der Waals surface area contributed by atoms with Crippen LogP contribution < -0.4 is 16.1 Å². The Morgan fingerprint density at radius 2 is 1.76 bits per heavy atom. The molecule has 0 amide bonds. The first kappa shape index (κ1) is 23.3. The summed E-state index contributed by atoms with van der Waals surface area (Å²) in [5.41, 5.74) is 1.19. The van der Waals surface area contributed by atoms with E-state index in [0.717, 1.165) is 37.4 Å². The summed E-state index contributed by atoms with van der Waals surface area (Å²) in [6, 6.07) is 3.70. The number of fused-ring (bicyclic) bond motifs is 2. The number of aryl methyl sites for hydroxylation is 1. The normalized spacial score (nSPS) is 18.1. The van der Waals surface area contributed by atoms with Crippen molar-refractivity contribution in [2.45, 2.75) is 31.8 Å². The SMILES string of the molecule is Cc1cc2nc3c(=O)[nH]c(=O)nc-3n(C[C@H](O)[C@H](O)[C@H](O)CO)c2cc1N1CCN(C)CC1. The lowest BCUT2D eigenvalue weighted by atomic mass is 10.1. The van der Waals surface area contributed by atoms with E-state index in [1.54, 1.807) is 0 Å². The number of hydrogen-bond acceptors (Lipinski definition) is 10. The number of nitrogens with zero attached hydrogens (tertiary/aromatic N) is 5. The van der Waals surface area contributed by atoms with E-state index >= 15 is 0 Å². The first-order chi connectivity index (χ1) is 15.7. The van der Waals surface area contributed by atoms with E-state index < -0.39 is 36.2 Å². The van der Waals surface area contributed by atoms with Gasteiger partial charge in [-0.15, -0.1) is 0 Å². The van der Waals surface area contributed by atoms with Crippen molar-refractivity contribution in [1.29, 1.82) is 0 Å². The van der Waals surface area contributed by atoms with Crippen LogP contribution in [-0.2, 0) is 6.54 Å². The number of rotatable bonds is 6. The van der Waals surface area contributed by atoms with Gasteiger partial charge in [0, 0.05) is 31.9 Å². The van der Waals surface area contributed by atoms with Crippen molar-refractivity contribution in [3.8, 4) is 11.5 Å². The quantitative estimate of drug-likeness (QED) is 0.253. The van der Waals surface area contributed by atoms with E-state index in [0.29, 0.717) is 11.0 Å². The number of piperazine rings is 1. The number of aliphatic hydroxyl groups is 4. The van der Waals surface area contributed by atoms with Gasteiger partial charge in [0.15, 0.2) is 11.5 Å². The lowest BCUT2D eigenvalue weighted by molar-refractivity contribution is -0.0802. The molecule has 12 nitrogen and oxygen atoms in total. The van der Waals surface area contributed by atoms with Crippen molar-refractivity contribution < 1.29 is 20.4 Å². The second-order valence-corrected chi connectivity index (χ2v) is 8.49. The van der Waals surface area contributed by atoms with Crippen LogP contribution >= 0.6 is 0 Å². The number of aliphatic hydroxyl groups excluding tert-OH is 4. The number of hydrogen-bond donors (Lipinski definition) is 5. The van der Waals surface area contributed by atoms with Crippen LogP contribution in [0.2, 0.25) is 0 Å². The molecular formula is C21H28N6O6. The van der Waals surface area contributed by atoms with E-state index in [9.17, 15) is 24.9 Å². The predicted octanol–water partition coefficient (Wildman–Crippen LogP) is -2.28. The molecule has 178 valence electrons.